The van der Waals surface area contributed by atoms with Gasteiger partial charge in [-0.15, -0.1) is 11.3 Å². The van der Waals surface area contributed by atoms with Crippen LogP contribution in [0.3, 0.4) is 0 Å². The van der Waals surface area contributed by atoms with E-state index >= 15 is 0 Å². The number of thiophene rings is 1. The summed E-state index contributed by atoms with van der Waals surface area (Å²) in [6.07, 6.45) is 0. The minimum absolute atomic E-state index is 0.0845. The van der Waals surface area contributed by atoms with Gasteiger partial charge in [0.15, 0.2) is 0 Å². The molecule has 154 valence electrons. The molecule has 8 heteroatoms. The van der Waals surface area contributed by atoms with E-state index in [0.717, 1.165) is 16.7 Å². The molecule has 0 saturated heterocycles. The maximum atomic E-state index is 12.8. The normalized spacial score (nSPS) is 10.5. The average Bonchev–Trinajstić information content (AvgIpc) is 3.11. The lowest BCUT2D eigenvalue weighted by Gasteiger charge is -2.11. The van der Waals surface area contributed by atoms with Crippen molar-refractivity contribution in [1.29, 1.82) is 0 Å². The number of rotatable bonds is 6. The third-order valence-electron chi connectivity index (χ3n) is 4.52. The number of hydrogen-bond acceptors (Lipinski definition) is 6. The van der Waals surface area contributed by atoms with Gasteiger partial charge in [0.05, 0.1) is 11.5 Å². The summed E-state index contributed by atoms with van der Waals surface area (Å²) in [4.78, 5) is 36.1. The van der Waals surface area contributed by atoms with Crippen molar-refractivity contribution < 1.29 is 19.2 Å². The Kier molecular flexibility index (Phi) is 6.27. The van der Waals surface area contributed by atoms with Crippen LogP contribution in [0.15, 0.2) is 47.8 Å². The van der Waals surface area contributed by atoms with Gasteiger partial charge in [-0.05, 0) is 38.0 Å². The summed E-state index contributed by atoms with van der Waals surface area (Å²) in [6.45, 7) is 5.81. The Bertz CT molecular complexity index is 1140. The van der Waals surface area contributed by atoms with Gasteiger partial charge in [-0.25, -0.2) is 4.79 Å². The number of ether oxygens (including phenoxy) is 1. The van der Waals surface area contributed by atoms with Gasteiger partial charge in [0.1, 0.15) is 16.1 Å². The molecule has 1 N–H and O–H groups in total. The first kappa shape index (κ1) is 21.2. The lowest BCUT2D eigenvalue weighted by atomic mass is 9.97. The lowest BCUT2D eigenvalue weighted by Crippen LogP contribution is -2.16. The first-order chi connectivity index (χ1) is 14.3. The number of nitrogens with one attached hydrogen (secondary N) is 1. The van der Waals surface area contributed by atoms with Crippen LogP contribution in [0.2, 0.25) is 0 Å². The van der Waals surface area contributed by atoms with Gasteiger partial charge < -0.3 is 10.1 Å². The van der Waals surface area contributed by atoms with Crippen LogP contribution in [0.4, 0.5) is 10.7 Å². The Labute approximate surface area is 177 Å². The number of aryl methyl sites for hydroxylation is 2. The lowest BCUT2D eigenvalue weighted by molar-refractivity contribution is -0.385. The smallest absolute Gasteiger partial charge is 0.341 e. The minimum atomic E-state index is -0.665. The van der Waals surface area contributed by atoms with Crippen molar-refractivity contribution in [2.24, 2.45) is 0 Å². The number of benzene rings is 2. The number of amides is 1. The molecule has 0 spiro atoms. The van der Waals surface area contributed by atoms with Gasteiger partial charge in [0, 0.05) is 17.0 Å². The van der Waals surface area contributed by atoms with Gasteiger partial charge in [0.25, 0.3) is 11.6 Å². The number of para-hydroxylation sites is 1. The number of hydrogen-bond donors (Lipinski definition) is 1. The van der Waals surface area contributed by atoms with E-state index in [4.69, 9.17) is 4.74 Å². The summed E-state index contributed by atoms with van der Waals surface area (Å²) < 4.78 is 5.21. The molecule has 0 aliphatic heterocycles. The predicted octanol–water partition coefficient (Wildman–Crippen LogP) is 5.37. The maximum Gasteiger partial charge on any atom is 0.341 e. The zero-order chi connectivity index (χ0) is 21.8. The summed E-state index contributed by atoms with van der Waals surface area (Å²) in [5.74, 6) is -1.23. The summed E-state index contributed by atoms with van der Waals surface area (Å²) in [7, 11) is 0. The van der Waals surface area contributed by atoms with Gasteiger partial charge in [0.2, 0.25) is 0 Å². The Morgan fingerprint density at radius 2 is 1.87 bits per heavy atom. The fourth-order valence-electron chi connectivity index (χ4n) is 3.17. The number of nitro groups is 1. The highest BCUT2D eigenvalue weighted by molar-refractivity contribution is 7.15. The van der Waals surface area contributed by atoms with E-state index in [1.165, 1.54) is 29.5 Å². The maximum absolute atomic E-state index is 12.8. The van der Waals surface area contributed by atoms with Crippen LogP contribution in [0, 0.1) is 24.0 Å². The molecule has 3 aromatic rings. The molecule has 0 aliphatic carbocycles. The molecule has 0 aliphatic rings. The van der Waals surface area contributed by atoms with Gasteiger partial charge in [-0.1, -0.05) is 35.9 Å². The molecular weight excluding hydrogens is 404 g/mol. The molecule has 3 rings (SSSR count). The quantitative estimate of drug-likeness (QED) is 0.326. The Hall–Kier alpha value is -3.52. The number of anilines is 1. The van der Waals surface area contributed by atoms with Gasteiger partial charge >= 0.3 is 5.97 Å². The Morgan fingerprint density at radius 1 is 1.13 bits per heavy atom. The number of nitro benzene ring substituents is 1. The minimum Gasteiger partial charge on any atom is -0.462 e. The van der Waals surface area contributed by atoms with E-state index in [-0.39, 0.29) is 28.4 Å². The van der Waals surface area contributed by atoms with E-state index in [0.29, 0.717) is 5.56 Å². The largest absolute Gasteiger partial charge is 0.462 e. The van der Waals surface area contributed by atoms with Crippen LogP contribution in [-0.4, -0.2) is 23.4 Å². The molecule has 0 radical (unpaired) electrons. The Balaban J connectivity index is 2.05. The molecular formula is C22H20N2O5S. The SMILES string of the molecule is CCOC(=O)c1c(-c2ccc(C)cc2C)csc1NC(=O)c1ccccc1[N+](=O)[O-]. The molecule has 0 saturated carbocycles. The van der Waals surface area contributed by atoms with Gasteiger partial charge in [-0.2, -0.15) is 0 Å². The Morgan fingerprint density at radius 3 is 2.53 bits per heavy atom. The van der Waals surface area contributed by atoms with Crippen molar-refractivity contribution in [3.63, 3.8) is 0 Å². The van der Waals surface area contributed by atoms with Crippen molar-refractivity contribution in [2.75, 3.05) is 11.9 Å². The molecule has 0 unspecified atom stereocenters. The molecule has 7 nitrogen and oxygen atoms in total. The fourth-order valence-corrected chi connectivity index (χ4v) is 4.11. The molecule has 30 heavy (non-hydrogen) atoms. The highest BCUT2D eigenvalue weighted by Crippen LogP contribution is 2.38. The summed E-state index contributed by atoms with van der Waals surface area (Å²) in [6, 6.07) is 11.5. The highest BCUT2D eigenvalue weighted by atomic mass is 32.1. The number of nitrogens with zero attached hydrogens (tertiary/aromatic N) is 1. The van der Waals surface area contributed by atoms with Crippen molar-refractivity contribution in [1.82, 2.24) is 0 Å². The van der Waals surface area contributed by atoms with Crippen molar-refractivity contribution in [2.45, 2.75) is 20.8 Å². The third-order valence-corrected chi connectivity index (χ3v) is 5.41. The van der Waals surface area contributed by atoms with Crippen molar-refractivity contribution >= 4 is 33.9 Å². The number of carbonyl (C=O) groups is 2. The highest BCUT2D eigenvalue weighted by Gasteiger charge is 2.26. The average molecular weight is 424 g/mol. The zero-order valence-electron chi connectivity index (χ0n) is 16.7. The molecule has 1 amide bonds. The van der Waals surface area contributed by atoms with Crippen molar-refractivity contribution in [3.8, 4) is 11.1 Å². The van der Waals surface area contributed by atoms with E-state index < -0.39 is 16.8 Å². The van der Waals surface area contributed by atoms with Crippen LogP contribution in [0.25, 0.3) is 11.1 Å². The van der Waals surface area contributed by atoms with Crippen LogP contribution in [0.1, 0.15) is 38.8 Å². The molecule has 2 aromatic carbocycles. The molecule has 0 fully saturated rings. The number of carbonyl (C=O) groups excluding carboxylic acids is 2. The van der Waals surface area contributed by atoms with E-state index in [9.17, 15) is 19.7 Å². The second kappa shape index (κ2) is 8.87. The molecule has 1 heterocycles. The fraction of sp³-hybridized carbons (Fsp3) is 0.182. The molecule has 0 bridgehead atoms. The van der Waals surface area contributed by atoms with Crippen LogP contribution in [-0.2, 0) is 4.74 Å². The first-order valence-corrected chi connectivity index (χ1v) is 10.1. The third kappa shape index (κ3) is 4.23. The predicted molar refractivity (Wildman–Crippen MR) is 116 cm³/mol. The first-order valence-electron chi connectivity index (χ1n) is 9.24. The van der Waals surface area contributed by atoms with E-state index in [1.54, 1.807) is 18.4 Å². The van der Waals surface area contributed by atoms with E-state index in [1.807, 2.05) is 32.0 Å². The van der Waals surface area contributed by atoms with Crippen LogP contribution >= 0.6 is 11.3 Å². The van der Waals surface area contributed by atoms with Crippen LogP contribution in [0.5, 0.6) is 0 Å². The summed E-state index contributed by atoms with van der Waals surface area (Å²) >= 11 is 1.17. The summed E-state index contributed by atoms with van der Waals surface area (Å²) in [5, 5.41) is 16.0. The van der Waals surface area contributed by atoms with Crippen LogP contribution < -0.4 is 5.32 Å². The topological polar surface area (TPSA) is 98.5 Å². The summed E-state index contributed by atoms with van der Waals surface area (Å²) in [5.41, 5.74) is 3.42. The van der Waals surface area contributed by atoms with Crippen molar-refractivity contribution in [3.05, 3.63) is 80.2 Å². The molecule has 0 atom stereocenters. The van der Waals surface area contributed by atoms with Gasteiger partial charge in [-0.3, -0.25) is 14.9 Å². The second-order valence-corrected chi connectivity index (χ2v) is 7.50. The standard InChI is InChI=1S/C22H20N2O5S/c1-4-29-22(26)19-17(15-10-9-13(2)11-14(15)3)12-30-21(19)23-20(25)16-7-5-6-8-18(16)24(27)28/h5-12H,4H2,1-3H3,(H,23,25). The second-order valence-electron chi connectivity index (χ2n) is 6.62. The number of esters is 1. The van der Waals surface area contributed by atoms with E-state index in [2.05, 4.69) is 5.32 Å². The monoisotopic (exact) mass is 424 g/mol. The molecule has 1 aromatic heterocycles. The zero-order valence-corrected chi connectivity index (χ0v) is 17.5.